The van der Waals surface area contributed by atoms with E-state index < -0.39 is 6.04 Å². The summed E-state index contributed by atoms with van der Waals surface area (Å²) in [5.41, 5.74) is 3.78. The highest BCUT2D eigenvalue weighted by Gasteiger charge is 2.44. The molecule has 196 valence electrons. The fraction of sp³-hybridized carbons (Fsp3) is 0.290. The van der Waals surface area contributed by atoms with Gasteiger partial charge in [0.1, 0.15) is 11.3 Å². The summed E-state index contributed by atoms with van der Waals surface area (Å²) in [6, 6.07) is 15.6. The number of benzene rings is 3. The Balaban J connectivity index is 1.72. The molecule has 0 aliphatic carbocycles. The van der Waals surface area contributed by atoms with E-state index in [0.717, 1.165) is 24.0 Å². The number of methoxy groups -OCH3 is 2. The Hall–Kier alpha value is -4.26. The molecule has 1 atom stereocenters. The van der Waals surface area contributed by atoms with Crippen molar-refractivity contribution in [3.8, 4) is 17.2 Å². The van der Waals surface area contributed by atoms with E-state index in [4.69, 9.17) is 18.6 Å². The molecule has 1 aromatic heterocycles. The van der Waals surface area contributed by atoms with Gasteiger partial charge < -0.3 is 18.6 Å². The molecule has 1 amide bonds. The van der Waals surface area contributed by atoms with Crippen LogP contribution in [-0.4, -0.2) is 26.7 Å². The van der Waals surface area contributed by atoms with E-state index in [1.807, 2.05) is 44.2 Å². The molecular weight excluding hydrogens is 482 g/mol. The number of ether oxygens (including phenoxy) is 3. The molecule has 7 heteroatoms. The van der Waals surface area contributed by atoms with E-state index in [-0.39, 0.29) is 17.1 Å². The largest absolute Gasteiger partial charge is 0.497 e. The van der Waals surface area contributed by atoms with E-state index in [1.54, 1.807) is 43.4 Å². The third kappa shape index (κ3) is 4.28. The second kappa shape index (κ2) is 10.2. The molecule has 0 bridgehead atoms. The Bertz CT molecular complexity index is 1570. The summed E-state index contributed by atoms with van der Waals surface area (Å²) < 4.78 is 23.0. The number of fused-ring (bicyclic) bond motifs is 2. The van der Waals surface area contributed by atoms with Crippen molar-refractivity contribution in [2.24, 2.45) is 0 Å². The average Bonchev–Trinajstić information content (AvgIpc) is 3.22. The third-order valence-electron chi connectivity index (χ3n) is 7.10. The fourth-order valence-electron chi connectivity index (χ4n) is 4.85. The minimum atomic E-state index is -0.716. The van der Waals surface area contributed by atoms with Crippen LogP contribution in [0.2, 0.25) is 0 Å². The molecule has 2 heterocycles. The lowest BCUT2D eigenvalue weighted by atomic mass is 9.97. The first-order chi connectivity index (χ1) is 18.4. The van der Waals surface area contributed by atoms with Gasteiger partial charge in [-0.05, 0) is 85.5 Å². The summed E-state index contributed by atoms with van der Waals surface area (Å²) >= 11 is 0. The number of rotatable bonds is 8. The first-order valence-corrected chi connectivity index (χ1v) is 12.7. The molecule has 0 N–H and O–H groups in total. The zero-order chi connectivity index (χ0) is 27.0. The maximum Gasteiger partial charge on any atom is 0.295 e. The minimum absolute atomic E-state index is 0.0498. The number of hydrogen-bond acceptors (Lipinski definition) is 6. The number of amides is 1. The van der Waals surface area contributed by atoms with Crippen LogP contribution in [0.25, 0.3) is 11.0 Å². The van der Waals surface area contributed by atoms with Crippen molar-refractivity contribution in [2.75, 3.05) is 25.7 Å². The van der Waals surface area contributed by atoms with Crippen molar-refractivity contribution in [1.29, 1.82) is 0 Å². The van der Waals surface area contributed by atoms with E-state index >= 15 is 0 Å². The van der Waals surface area contributed by atoms with Gasteiger partial charge in [0.15, 0.2) is 16.9 Å². The fourth-order valence-corrected chi connectivity index (χ4v) is 4.85. The lowest BCUT2D eigenvalue weighted by molar-refractivity contribution is 0.0971. The van der Waals surface area contributed by atoms with E-state index in [9.17, 15) is 9.59 Å². The van der Waals surface area contributed by atoms with Crippen molar-refractivity contribution in [3.05, 3.63) is 92.8 Å². The monoisotopic (exact) mass is 513 g/mol. The molecule has 0 spiro atoms. The first kappa shape index (κ1) is 25.4. The van der Waals surface area contributed by atoms with Gasteiger partial charge in [-0.25, -0.2) is 0 Å². The normalized spacial score (nSPS) is 14.6. The summed E-state index contributed by atoms with van der Waals surface area (Å²) in [4.78, 5) is 29.5. The van der Waals surface area contributed by atoms with Gasteiger partial charge in [-0.2, -0.15) is 0 Å². The highest BCUT2D eigenvalue weighted by molar-refractivity contribution is 6.10. The molecule has 0 radical (unpaired) electrons. The summed E-state index contributed by atoms with van der Waals surface area (Å²) in [5, 5.41) is 0.452. The van der Waals surface area contributed by atoms with Gasteiger partial charge in [0.25, 0.3) is 5.91 Å². The van der Waals surface area contributed by atoms with E-state index in [2.05, 4.69) is 6.92 Å². The molecule has 4 aromatic rings. The maximum absolute atomic E-state index is 14.0. The van der Waals surface area contributed by atoms with Crippen LogP contribution in [0.1, 0.15) is 58.6 Å². The molecule has 0 fully saturated rings. The number of unbranched alkanes of at least 4 members (excludes halogenated alkanes) is 1. The van der Waals surface area contributed by atoms with Crippen molar-refractivity contribution in [1.82, 2.24) is 0 Å². The molecule has 38 heavy (non-hydrogen) atoms. The van der Waals surface area contributed by atoms with Gasteiger partial charge in [-0.1, -0.05) is 19.4 Å². The smallest absolute Gasteiger partial charge is 0.295 e. The van der Waals surface area contributed by atoms with Crippen molar-refractivity contribution >= 4 is 22.6 Å². The number of nitrogens with zero attached hydrogens (tertiary/aromatic N) is 1. The molecule has 7 nitrogen and oxygen atoms in total. The molecular formula is C31H31NO6. The SMILES string of the molecule is CCCCOc1ccc(C2c3c(oc4cc(C)c(C)cc4c3=O)C(=O)N2c2ccc(OC)cc2)cc1OC. The van der Waals surface area contributed by atoms with Gasteiger partial charge >= 0.3 is 0 Å². The summed E-state index contributed by atoms with van der Waals surface area (Å²) in [5.74, 6) is 1.48. The van der Waals surface area contributed by atoms with Crippen LogP contribution in [0.4, 0.5) is 5.69 Å². The standard InChI is InChI=1S/C31H31NO6/c1-6-7-14-37-24-13-8-20(17-26(24)36-5)28-27-29(33)23-15-18(2)19(3)16-25(23)38-30(27)31(34)32(28)21-9-11-22(35-4)12-10-21/h8-13,15-17,28H,6-7,14H2,1-5H3. The zero-order valence-corrected chi connectivity index (χ0v) is 22.3. The number of hydrogen-bond donors (Lipinski definition) is 0. The van der Waals surface area contributed by atoms with Crippen molar-refractivity contribution < 1.29 is 23.4 Å². The van der Waals surface area contributed by atoms with Crippen LogP contribution < -0.4 is 24.5 Å². The van der Waals surface area contributed by atoms with Gasteiger partial charge in [0.05, 0.1) is 37.8 Å². The molecule has 1 aliphatic heterocycles. The van der Waals surface area contributed by atoms with Gasteiger partial charge in [-0.15, -0.1) is 0 Å². The van der Waals surface area contributed by atoms with Crippen molar-refractivity contribution in [3.63, 3.8) is 0 Å². The van der Waals surface area contributed by atoms with Gasteiger partial charge in [0.2, 0.25) is 5.76 Å². The highest BCUT2D eigenvalue weighted by Crippen LogP contribution is 2.43. The second-order valence-electron chi connectivity index (χ2n) is 9.49. The number of anilines is 1. The van der Waals surface area contributed by atoms with Crippen LogP contribution in [0.15, 0.2) is 63.8 Å². The quantitative estimate of drug-likeness (QED) is 0.255. The molecule has 0 saturated carbocycles. The number of carbonyl (C=O) groups excluding carboxylic acids is 1. The topological polar surface area (TPSA) is 78.2 Å². The van der Waals surface area contributed by atoms with Gasteiger partial charge in [-0.3, -0.25) is 14.5 Å². The Morgan fingerprint density at radius 1 is 0.895 bits per heavy atom. The predicted molar refractivity (Wildman–Crippen MR) is 147 cm³/mol. The summed E-state index contributed by atoms with van der Waals surface area (Å²) in [6.07, 6.45) is 1.94. The second-order valence-corrected chi connectivity index (χ2v) is 9.49. The predicted octanol–water partition coefficient (Wildman–Crippen LogP) is 6.36. The zero-order valence-electron chi connectivity index (χ0n) is 22.3. The van der Waals surface area contributed by atoms with Gasteiger partial charge in [0, 0.05) is 5.69 Å². The first-order valence-electron chi connectivity index (χ1n) is 12.7. The van der Waals surface area contributed by atoms with Crippen LogP contribution in [0.3, 0.4) is 0 Å². The minimum Gasteiger partial charge on any atom is -0.497 e. The van der Waals surface area contributed by atoms with Crippen LogP contribution in [0.5, 0.6) is 17.2 Å². The molecule has 5 rings (SSSR count). The van der Waals surface area contributed by atoms with Crippen LogP contribution in [0, 0.1) is 13.8 Å². The lowest BCUT2D eigenvalue weighted by Gasteiger charge is -2.26. The van der Waals surface area contributed by atoms with E-state index in [1.165, 1.54) is 0 Å². The van der Waals surface area contributed by atoms with E-state index in [0.29, 0.717) is 51.6 Å². The molecule has 3 aromatic carbocycles. The molecule has 1 unspecified atom stereocenters. The Morgan fingerprint density at radius 3 is 2.32 bits per heavy atom. The molecule has 1 aliphatic rings. The number of aryl methyl sites for hydroxylation is 2. The average molecular weight is 514 g/mol. The Morgan fingerprint density at radius 2 is 1.63 bits per heavy atom. The Labute approximate surface area is 221 Å². The third-order valence-corrected chi connectivity index (χ3v) is 7.10. The maximum atomic E-state index is 14.0. The molecule has 0 saturated heterocycles. The highest BCUT2D eigenvalue weighted by atomic mass is 16.5. The summed E-state index contributed by atoms with van der Waals surface area (Å²) in [7, 11) is 3.16. The Kier molecular flexibility index (Phi) is 6.85. The lowest BCUT2D eigenvalue weighted by Crippen LogP contribution is -2.29. The number of carbonyl (C=O) groups is 1. The van der Waals surface area contributed by atoms with Crippen LogP contribution >= 0.6 is 0 Å². The van der Waals surface area contributed by atoms with Crippen LogP contribution in [-0.2, 0) is 0 Å². The van der Waals surface area contributed by atoms with Crippen molar-refractivity contribution in [2.45, 2.75) is 39.7 Å². The summed E-state index contributed by atoms with van der Waals surface area (Å²) in [6.45, 7) is 6.58.